The molecule has 1 saturated heterocycles. The topological polar surface area (TPSA) is 90.0 Å². The molecule has 8 nitrogen and oxygen atoms in total. The number of hydrogen-bond donors (Lipinski definition) is 1. The summed E-state index contributed by atoms with van der Waals surface area (Å²) in [6.07, 6.45) is 5.84. The molecule has 172 valence electrons. The molecule has 1 aromatic carbocycles. The van der Waals surface area contributed by atoms with Crippen LogP contribution < -0.4 is 5.32 Å². The first-order valence-corrected chi connectivity index (χ1v) is 11.8. The van der Waals surface area contributed by atoms with Crippen molar-refractivity contribution in [3.05, 3.63) is 34.9 Å². The largest absolute Gasteiger partial charge is 0.355 e. The Bertz CT molecular complexity index is 901. The first-order chi connectivity index (χ1) is 15.5. The van der Waals surface area contributed by atoms with E-state index in [0.717, 1.165) is 38.5 Å². The number of nitrogens with one attached hydrogen (secondary N) is 1. The number of carbonyl (C=O) groups is 4. The molecule has 0 bridgehead atoms. The molecule has 2 heterocycles. The van der Waals surface area contributed by atoms with Crippen LogP contribution in [0.3, 0.4) is 0 Å². The van der Waals surface area contributed by atoms with Gasteiger partial charge in [-0.1, -0.05) is 26.2 Å². The van der Waals surface area contributed by atoms with Crippen molar-refractivity contribution in [2.45, 2.75) is 51.5 Å². The van der Waals surface area contributed by atoms with Crippen LogP contribution in [0, 0.1) is 0 Å². The van der Waals surface area contributed by atoms with E-state index in [1.54, 1.807) is 23.1 Å². The smallest absolute Gasteiger partial charge is 0.261 e. The van der Waals surface area contributed by atoms with Crippen molar-refractivity contribution in [2.24, 2.45) is 0 Å². The maximum Gasteiger partial charge on any atom is 0.261 e. The number of fused-ring (bicyclic) bond motifs is 1. The molecule has 4 amide bonds. The van der Waals surface area contributed by atoms with Crippen LogP contribution in [-0.4, -0.2) is 83.6 Å². The molecule has 0 atom stereocenters. The Labute approximate surface area is 188 Å². The lowest BCUT2D eigenvalue weighted by molar-refractivity contribution is -0.122. The van der Waals surface area contributed by atoms with Gasteiger partial charge in [-0.25, -0.2) is 0 Å². The highest BCUT2D eigenvalue weighted by molar-refractivity contribution is 6.22. The Kier molecular flexibility index (Phi) is 6.89. The molecule has 0 unspecified atom stereocenters. The van der Waals surface area contributed by atoms with E-state index in [4.69, 9.17) is 0 Å². The normalized spacial score (nSPS) is 19.9. The molecule has 0 spiro atoms. The zero-order valence-electron chi connectivity index (χ0n) is 18.8. The predicted molar refractivity (Wildman–Crippen MR) is 119 cm³/mol. The van der Waals surface area contributed by atoms with E-state index < -0.39 is 0 Å². The van der Waals surface area contributed by atoms with E-state index >= 15 is 0 Å². The van der Waals surface area contributed by atoms with Crippen molar-refractivity contribution in [1.82, 2.24) is 20.0 Å². The fourth-order valence-corrected chi connectivity index (χ4v) is 4.88. The molecule has 1 aliphatic carbocycles. The monoisotopic (exact) mass is 440 g/mol. The second kappa shape index (κ2) is 9.81. The van der Waals surface area contributed by atoms with Gasteiger partial charge in [0.25, 0.3) is 17.7 Å². The Morgan fingerprint density at radius 1 is 0.969 bits per heavy atom. The van der Waals surface area contributed by atoms with Crippen LogP contribution in [-0.2, 0) is 4.79 Å². The maximum atomic E-state index is 13.1. The van der Waals surface area contributed by atoms with Gasteiger partial charge in [0.15, 0.2) is 0 Å². The van der Waals surface area contributed by atoms with Gasteiger partial charge in [-0.2, -0.15) is 0 Å². The second-order valence-electron chi connectivity index (χ2n) is 8.95. The van der Waals surface area contributed by atoms with Gasteiger partial charge in [-0.3, -0.25) is 29.0 Å². The maximum absolute atomic E-state index is 13.1. The van der Waals surface area contributed by atoms with Crippen LogP contribution in [0.2, 0.25) is 0 Å². The summed E-state index contributed by atoms with van der Waals surface area (Å²) in [4.78, 5) is 56.1. The SMILES string of the molecule is CCCNC(=O)CN1CCN(C(=O)c2ccc3c(c2)C(=O)N(C2CCCCC2)C3=O)CC1. The van der Waals surface area contributed by atoms with Gasteiger partial charge in [0.2, 0.25) is 5.91 Å². The van der Waals surface area contributed by atoms with Gasteiger partial charge in [-0.05, 0) is 37.5 Å². The Morgan fingerprint density at radius 2 is 1.66 bits per heavy atom. The Hall–Kier alpha value is -2.74. The van der Waals surface area contributed by atoms with Crippen molar-refractivity contribution in [1.29, 1.82) is 0 Å². The van der Waals surface area contributed by atoms with E-state index in [9.17, 15) is 19.2 Å². The average Bonchev–Trinajstić information content (AvgIpc) is 3.07. The minimum atomic E-state index is -0.269. The number of rotatable bonds is 6. The summed E-state index contributed by atoms with van der Waals surface area (Å²) in [7, 11) is 0. The number of piperazine rings is 1. The zero-order valence-corrected chi connectivity index (χ0v) is 18.8. The number of amides is 4. The van der Waals surface area contributed by atoms with Crippen molar-refractivity contribution < 1.29 is 19.2 Å². The first-order valence-electron chi connectivity index (χ1n) is 11.8. The van der Waals surface area contributed by atoms with Gasteiger partial charge in [0.05, 0.1) is 17.7 Å². The molecule has 3 aliphatic rings. The first kappa shape index (κ1) is 22.5. The third kappa shape index (κ3) is 4.55. The van der Waals surface area contributed by atoms with E-state index in [0.29, 0.717) is 56.0 Å². The summed E-state index contributed by atoms with van der Waals surface area (Å²) in [5, 5.41) is 2.87. The third-order valence-corrected chi connectivity index (χ3v) is 6.70. The Morgan fingerprint density at radius 3 is 2.34 bits per heavy atom. The molecule has 1 saturated carbocycles. The van der Waals surface area contributed by atoms with Gasteiger partial charge >= 0.3 is 0 Å². The molecule has 2 aliphatic heterocycles. The summed E-state index contributed by atoms with van der Waals surface area (Å²) < 4.78 is 0. The summed E-state index contributed by atoms with van der Waals surface area (Å²) in [6, 6.07) is 4.84. The Balaban J connectivity index is 1.38. The molecule has 2 fully saturated rings. The third-order valence-electron chi connectivity index (χ3n) is 6.70. The fraction of sp³-hybridized carbons (Fsp3) is 0.583. The molecular weight excluding hydrogens is 408 g/mol. The standard InChI is InChI=1S/C24H32N4O4/c1-2-10-25-21(29)16-26-11-13-27(14-12-26)22(30)17-8-9-19-20(15-17)24(32)28(23(19)31)18-6-4-3-5-7-18/h8-9,15,18H,2-7,10-14,16H2,1H3,(H,25,29). The van der Waals surface area contributed by atoms with Crippen LogP contribution >= 0.6 is 0 Å². The lowest BCUT2D eigenvalue weighted by atomic mass is 9.94. The molecule has 0 aromatic heterocycles. The van der Waals surface area contributed by atoms with Crippen molar-refractivity contribution >= 4 is 23.6 Å². The second-order valence-corrected chi connectivity index (χ2v) is 8.95. The summed E-state index contributed by atoms with van der Waals surface area (Å²) in [6.45, 7) is 5.34. The molecule has 32 heavy (non-hydrogen) atoms. The average molecular weight is 441 g/mol. The molecular formula is C24H32N4O4. The van der Waals surface area contributed by atoms with Crippen molar-refractivity contribution in [3.8, 4) is 0 Å². The summed E-state index contributed by atoms with van der Waals surface area (Å²) in [5.41, 5.74) is 1.18. The highest BCUT2D eigenvalue weighted by Gasteiger charge is 2.40. The molecule has 1 aromatic rings. The lowest BCUT2D eigenvalue weighted by Gasteiger charge is -2.34. The predicted octanol–water partition coefficient (Wildman–Crippen LogP) is 1.90. The van der Waals surface area contributed by atoms with Gasteiger partial charge < -0.3 is 10.2 Å². The van der Waals surface area contributed by atoms with E-state index in [1.807, 2.05) is 11.8 Å². The number of imide groups is 1. The summed E-state index contributed by atoms with van der Waals surface area (Å²) >= 11 is 0. The van der Waals surface area contributed by atoms with E-state index in [2.05, 4.69) is 5.32 Å². The van der Waals surface area contributed by atoms with Gasteiger partial charge in [0.1, 0.15) is 0 Å². The fourth-order valence-electron chi connectivity index (χ4n) is 4.88. The number of carbonyl (C=O) groups excluding carboxylic acids is 4. The minimum Gasteiger partial charge on any atom is -0.355 e. The lowest BCUT2D eigenvalue weighted by Crippen LogP contribution is -2.51. The number of benzene rings is 1. The minimum absolute atomic E-state index is 0.0101. The van der Waals surface area contributed by atoms with E-state index in [-0.39, 0.29) is 29.7 Å². The van der Waals surface area contributed by atoms with Crippen LogP contribution in [0.15, 0.2) is 18.2 Å². The molecule has 4 rings (SSSR count). The summed E-state index contributed by atoms with van der Waals surface area (Å²) in [5.74, 6) is -0.629. The molecule has 1 N–H and O–H groups in total. The van der Waals surface area contributed by atoms with Crippen molar-refractivity contribution in [2.75, 3.05) is 39.3 Å². The number of nitrogens with zero attached hydrogens (tertiary/aromatic N) is 3. The highest BCUT2D eigenvalue weighted by Crippen LogP contribution is 2.31. The van der Waals surface area contributed by atoms with Crippen molar-refractivity contribution in [3.63, 3.8) is 0 Å². The van der Waals surface area contributed by atoms with E-state index in [1.165, 1.54) is 4.90 Å². The van der Waals surface area contributed by atoms with Crippen LogP contribution in [0.25, 0.3) is 0 Å². The van der Waals surface area contributed by atoms with Gasteiger partial charge in [0, 0.05) is 44.3 Å². The van der Waals surface area contributed by atoms with Crippen LogP contribution in [0.5, 0.6) is 0 Å². The van der Waals surface area contributed by atoms with Crippen LogP contribution in [0.4, 0.5) is 0 Å². The van der Waals surface area contributed by atoms with Crippen LogP contribution in [0.1, 0.15) is 76.5 Å². The number of hydrogen-bond acceptors (Lipinski definition) is 5. The highest BCUT2D eigenvalue weighted by atomic mass is 16.2. The quantitative estimate of drug-likeness (QED) is 0.683. The zero-order chi connectivity index (χ0) is 22.7. The van der Waals surface area contributed by atoms with Gasteiger partial charge in [-0.15, -0.1) is 0 Å². The molecule has 8 heteroatoms. The molecule has 0 radical (unpaired) electrons.